The number of H-pyrrole nitrogens is 1. The molecule has 1 atom stereocenters. The van der Waals surface area contributed by atoms with Gasteiger partial charge in [0.05, 0.1) is 6.04 Å². The molecule has 1 aromatic carbocycles. The van der Waals surface area contributed by atoms with Crippen molar-refractivity contribution in [1.29, 1.82) is 0 Å². The monoisotopic (exact) mass is 368 g/mol. The van der Waals surface area contributed by atoms with Gasteiger partial charge in [0.2, 0.25) is 0 Å². The molecule has 0 aliphatic carbocycles. The van der Waals surface area contributed by atoms with Crippen molar-refractivity contribution in [2.45, 2.75) is 32.2 Å². The Morgan fingerprint density at radius 3 is 2.73 bits per heavy atom. The number of halogens is 1. The number of aromatic amines is 1. The van der Waals surface area contributed by atoms with Crippen LogP contribution in [0.5, 0.6) is 0 Å². The highest BCUT2D eigenvalue weighted by molar-refractivity contribution is 6.30. The molecule has 1 amide bonds. The zero-order valence-corrected chi connectivity index (χ0v) is 15.3. The third-order valence-electron chi connectivity index (χ3n) is 4.16. The van der Waals surface area contributed by atoms with Crippen molar-refractivity contribution in [1.82, 2.24) is 20.5 Å². The van der Waals surface area contributed by atoms with Gasteiger partial charge in [-0.3, -0.25) is 14.9 Å². The Morgan fingerprint density at radius 2 is 2.04 bits per heavy atom. The fourth-order valence-corrected chi connectivity index (χ4v) is 2.87. The molecule has 6 heteroatoms. The van der Waals surface area contributed by atoms with Crippen LogP contribution in [0, 0.1) is 0 Å². The molecule has 0 saturated carbocycles. The summed E-state index contributed by atoms with van der Waals surface area (Å²) in [6.45, 7) is 2.13. The quantitative estimate of drug-likeness (QED) is 0.652. The van der Waals surface area contributed by atoms with E-state index in [0.717, 1.165) is 36.1 Å². The van der Waals surface area contributed by atoms with Crippen LogP contribution < -0.4 is 5.32 Å². The van der Waals surface area contributed by atoms with E-state index < -0.39 is 0 Å². The summed E-state index contributed by atoms with van der Waals surface area (Å²) in [4.78, 5) is 16.9. The maximum Gasteiger partial charge on any atom is 0.272 e. The maximum absolute atomic E-state index is 12.7. The SMILES string of the molecule is CCCCc1cc(C(=O)NC(c2ccc(Cl)cc2)c2cccnc2)n[nH]1. The lowest BCUT2D eigenvalue weighted by Gasteiger charge is -2.19. The Bertz CT molecular complexity index is 846. The van der Waals surface area contributed by atoms with Gasteiger partial charge in [0.15, 0.2) is 0 Å². The average Bonchev–Trinajstić information content (AvgIpc) is 3.15. The summed E-state index contributed by atoms with van der Waals surface area (Å²) in [5.74, 6) is -0.229. The Morgan fingerprint density at radius 1 is 1.23 bits per heavy atom. The van der Waals surface area contributed by atoms with E-state index in [0.29, 0.717) is 10.7 Å². The van der Waals surface area contributed by atoms with E-state index in [1.807, 2.05) is 42.5 Å². The topological polar surface area (TPSA) is 70.7 Å². The first-order chi connectivity index (χ1) is 12.7. The van der Waals surface area contributed by atoms with Gasteiger partial charge in [-0.25, -0.2) is 0 Å². The fraction of sp³-hybridized carbons (Fsp3) is 0.250. The molecule has 3 aromatic rings. The second kappa shape index (κ2) is 8.63. The number of nitrogens with one attached hydrogen (secondary N) is 2. The average molecular weight is 369 g/mol. The number of carbonyl (C=O) groups excluding carboxylic acids is 1. The van der Waals surface area contributed by atoms with Gasteiger partial charge in [-0.15, -0.1) is 0 Å². The van der Waals surface area contributed by atoms with E-state index in [2.05, 4.69) is 27.4 Å². The van der Waals surface area contributed by atoms with E-state index in [1.54, 1.807) is 12.4 Å². The fourth-order valence-electron chi connectivity index (χ4n) is 2.74. The van der Waals surface area contributed by atoms with Gasteiger partial charge < -0.3 is 5.32 Å². The minimum Gasteiger partial charge on any atom is -0.340 e. The minimum atomic E-state index is -0.329. The molecule has 2 N–H and O–H groups in total. The minimum absolute atomic E-state index is 0.229. The number of nitrogens with zero attached hydrogens (tertiary/aromatic N) is 2. The van der Waals surface area contributed by atoms with Crippen molar-refractivity contribution in [3.05, 3.63) is 82.4 Å². The van der Waals surface area contributed by atoms with Crippen LogP contribution in [-0.2, 0) is 6.42 Å². The van der Waals surface area contributed by atoms with Crippen molar-refractivity contribution in [2.24, 2.45) is 0 Å². The normalized spacial score (nSPS) is 11.9. The van der Waals surface area contributed by atoms with E-state index in [9.17, 15) is 4.79 Å². The molecular formula is C20H21ClN4O. The van der Waals surface area contributed by atoms with E-state index in [4.69, 9.17) is 11.6 Å². The molecule has 2 heterocycles. The number of benzene rings is 1. The number of pyridine rings is 1. The van der Waals surface area contributed by atoms with Crippen molar-refractivity contribution in [3.8, 4) is 0 Å². The Kier molecular flexibility index (Phi) is 6.02. The van der Waals surface area contributed by atoms with Crippen LogP contribution in [0.25, 0.3) is 0 Å². The van der Waals surface area contributed by atoms with Gasteiger partial charge in [-0.2, -0.15) is 5.10 Å². The van der Waals surface area contributed by atoms with Crippen molar-refractivity contribution in [2.75, 3.05) is 0 Å². The number of hydrogen-bond acceptors (Lipinski definition) is 3. The molecule has 5 nitrogen and oxygen atoms in total. The number of carbonyl (C=O) groups is 1. The summed E-state index contributed by atoms with van der Waals surface area (Å²) in [6, 6.07) is 12.7. The van der Waals surface area contributed by atoms with E-state index >= 15 is 0 Å². The van der Waals surface area contributed by atoms with Crippen LogP contribution in [0.3, 0.4) is 0 Å². The third kappa shape index (κ3) is 4.49. The molecule has 2 aromatic heterocycles. The van der Waals surface area contributed by atoms with Crippen molar-refractivity contribution in [3.63, 3.8) is 0 Å². The van der Waals surface area contributed by atoms with Gasteiger partial charge in [-0.05, 0) is 48.2 Å². The number of amides is 1. The van der Waals surface area contributed by atoms with Crippen LogP contribution in [0.15, 0.2) is 54.9 Å². The number of aryl methyl sites for hydroxylation is 1. The van der Waals surface area contributed by atoms with Crippen LogP contribution in [0.2, 0.25) is 5.02 Å². The maximum atomic E-state index is 12.7. The molecular weight excluding hydrogens is 348 g/mol. The molecule has 0 radical (unpaired) electrons. The summed E-state index contributed by atoms with van der Waals surface area (Å²) in [5, 5.41) is 10.8. The van der Waals surface area contributed by atoms with Gasteiger partial charge in [0.1, 0.15) is 5.69 Å². The van der Waals surface area contributed by atoms with Gasteiger partial charge in [-0.1, -0.05) is 43.1 Å². The standard InChI is InChI=1S/C20H21ClN4O/c1-2-3-6-17-12-18(25-24-17)20(26)23-19(15-5-4-11-22-13-15)14-7-9-16(21)10-8-14/h4-5,7-13,19H,2-3,6H2,1H3,(H,23,26)(H,24,25). The highest BCUT2D eigenvalue weighted by Gasteiger charge is 2.19. The zero-order chi connectivity index (χ0) is 18.4. The lowest BCUT2D eigenvalue weighted by molar-refractivity contribution is 0.0938. The van der Waals surface area contributed by atoms with Crippen molar-refractivity contribution >= 4 is 17.5 Å². The third-order valence-corrected chi connectivity index (χ3v) is 4.41. The summed E-state index contributed by atoms with van der Waals surface area (Å²) in [5.41, 5.74) is 3.18. The first kappa shape index (κ1) is 18.1. The Hall–Kier alpha value is -2.66. The molecule has 134 valence electrons. The summed E-state index contributed by atoms with van der Waals surface area (Å²) >= 11 is 5.99. The second-order valence-electron chi connectivity index (χ2n) is 6.13. The Balaban J connectivity index is 1.82. The number of unbranched alkanes of at least 4 members (excludes halogenated alkanes) is 1. The van der Waals surface area contributed by atoms with Crippen LogP contribution in [0.1, 0.15) is 53.1 Å². The van der Waals surface area contributed by atoms with Crippen molar-refractivity contribution < 1.29 is 4.79 Å². The predicted molar refractivity (Wildman–Crippen MR) is 102 cm³/mol. The van der Waals surface area contributed by atoms with Gasteiger partial charge >= 0.3 is 0 Å². The summed E-state index contributed by atoms with van der Waals surface area (Å²) in [6.07, 6.45) is 6.50. The zero-order valence-electron chi connectivity index (χ0n) is 14.6. The molecule has 0 fully saturated rings. The van der Waals surface area contributed by atoms with Crippen LogP contribution in [-0.4, -0.2) is 21.1 Å². The molecule has 26 heavy (non-hydrogen) atoms. The molecule has 0 saturated heterocycles. The van der Waals surface area contributed by atoms with Crippen LogP contribution in [0.4, 0.5) is 0 Å². The number of rotatable bonds is 7. The summed E-state index contributed by atoms with van der Waals surface area (Å²) < 4.78 is 0. The van der Waals surface area contributed by atoms with Gasteiger partial charge in [0, 0.05) is 23.1 Å². The number of aromatic nitrogens is 3. The smallest absolute Gasteiger partial charge is 0.272 e. The van der Waals surface area contributed by atoms with Gasteiger partial charge in [0.25, 0.3) is 5.91 Å². The van der Waals surface area contributed by atoms with Crippen LogP contribution >= 0.6 is 11.6 Å². The lowest BCUT2D eigenvalue weighted by atomic mass is 10.00. The molecule has 3 rings (SSSR count). The lowest BCUT2D eigenvalue weighted by Crippen LogP contribution is -2.29. The first-order valence-corrected chi connectivity index (χ1v) is 9.05. The molecule has 1 unspecified atom stereocenters. The highest BCUT2D eigenvalue weighted by Crippen LogP contribution is 2.23. The van der Waals surface area contributed by atoms with E-state index in [1.165, 1.54) is 0 Å². The molecule has 0 aliphatic heterocycles. The Labute approximate surface area is 157 Å². The molecule has 0 bridgehead atoms. The first-order valence-electron chi connectivity index (χ1n) is 8.68. The van der Waals surface area contributed by atoms with E-state index in [-0.39, 0.29) is 11.9 Å². The largest absolute Gasteiger partial charge is 0.340 e. The molecule has 0 aliphatic rings. The summed E-state index contributed by atoms with van der Waals surface area (Å²) in [7, 11) is 0. The predicted octanol–water partition coefficient (Wildman–Crippen LogP) is 4.32. The number of hydrogen-bond donors (Lipinski definition) is 2. The molecule has 0 spiro atoms. The highest BCUT2D eigenvalue weighted by atomic mass is 35.5. The second-order valence-corrected chi connectivity index (χ2v) is 6.56.